The average Bonchev–Trinajstić information content (AvgIpc) is 2.82. The Hall–Kier alpha value is -2.36. The van der Waals surface area contributed by atoms with Gasteiger partial charge in [0.15, 0.2) is 0 Å². The van der Waals surface area contributed by atoms with Gasteiger partial charge >= 0.3 is 0 Å². The molecule has 20 heavy (non-hydrogen) atoms. The first-order valence-electron chi connectivity index (χ1n) is 6.46. The zero-order valence-corrected chi connectivity index (χ0v) is 11.4. The molecule has 0 aliphatic rings. The summed E-state index contributed by atoms with van der Waals surface area (Å²) in [5.74, 6) is 1.21. The molecule has 102 valence electrons. The van der Waals surface area contributed by atoms with Crippen molar-refractivity contribution in [2.45, 2.75) is 20.5 Å². The summed E-state index contributed by atoms with van der Waals surface area (Å²) in [5, 5.41) is 0. The highest BCUT2D eigenvalue weighted by Gasteiger charge is 2.05. The molecule has 1 aromatic heterocycles. The number of nitrogens with one attached hydrogen (secondary N) is 1. The molecular formula is C16H15FN2O. The van der Waals surface area contributed by atoms with Gasteiger partial charge < -0.3 is 9.72 Å². The molecule has 0 bridgehead atoms. The number of aryl methyl sites for hydroxylation is 2. The minimum atomic E-state index is -0.275. The molecule has 0 amide bonds. The van der Waals surface area contributed by atoms with E-state index in [0.29, 0.717) is 17.9 Å². The third-order valence-electron chi connectivity index (χ3n) is 3.35. The number of hydrogen-bond acceptors (Lipinski definition) is 2. The van der Waals surface area contributed by atoms with Crippen molar-refractivity contribution in [3.05, 3.63) is 59.2 Å². The van der Waals surface area contributed by atoms with Gasteiger partial charge in [-0.3, -0.25) is 0 Å². The predicted molar refractivity (Wildman–Crippen MR) is 76.3 cm³/mol. The Kier molecular flexibility index (Phi) is 3.14. The van der Waals surface area contributed by atoms with Crippen LogP contribution < -0.4 is 4.74 Å². The van der Waals surface area contributed by atoms with E-state index in [1.165, 1.54) is 23.3 Å². The first kappa shape index (κ1) is 12.7. The topological polar surface area (TPSA) is 37.9 Å². The maximum Gasteiger partial charge on any atom is 0.146 e. The Morgan fingerprint density at radius 2 is 1.95 bits per heavy atom. The quantitative estimate of drug-likeness (QED) is 0.783. The number of nitrogens with zero attached hydrogens (tertiary/aromatic N) is 1. The monoisotopic (exact) mass is 270 g/mol. The zero-order valence-electron chi connectivity index (χ0n) is 11.4. The molecule has 1 N–H and O–H groups in total. The van der Waals surface area contributed by atoms with Crippen molar-refractivity contribution in [2.24, 2.45) is 0 Å². The van der Waals surface area contributed by atoms with Gasteiger partial charge in [-0.05, 0) is 55.3 Å². The fourth-order valence-electron chi connectivity index (χ4n) is 2.06. The van der Waals surface area contributed by atoms with E-state index >= 15 is 0 Å². The molecule has 3 nitrogen and oxygen atoms in total. The second kappa shape index (κ2) is 4.96. The number of halogens is 1. The zero-order chi connectivity index (χ0) is 14.1. The number of rotatable bonds is 3. The lowest BCUT2D eigenvalue weighted by Gasteiger charge is -2.06. The second-order valence-corrected chi connectivity index (χ2v) is 4.88. The number of aromatic amines is 1. The SMILES string of the molecule is Cc1ccc(OCc2nc3ccc(F)cc3[nH]2)cc1C. The van der Waals surface area contributed by atoms with Gasteiger partial charge in [0.25, 0.3) is 0 Å². The highest BCUT2D eigenvalue weighted by Crippen LogP contribution is 2.18. The van der Waals surface area contributed by atoms with Gasteiger partial charge in [-0.25, -0.2) is 9.37 Å². The predicted octanol–water partition coefficient (Wildman–Crippen LogP) is 3.90. The van der Waals surface area contributed by atoms with E-state index in [9.17, 15) is 4.39 Å². The van der Waals surface area contributed by atoms with E-state index in [1.54, 1.807) is 6.07 Å². The van der Waals surface area contributed by atoms with Gasteiger partial charge in [0.05, 0.1) is 11.0 Å². The van der Waals surface area contributed by atoms with Crippen LogP contribution in [0.5, 0.6) is 5.75 Å². The molecule has 0 atom stereocenters. The number of imidazole rings is 1. The molecule has 0 unspecified atom stereocenters. The maximum atomic E-state index is 13.1. The van der Waals surface area contributed by atoms with E-state index < -0.39 is 0 Å². The molecule has 0 saturated carbocycles. The van der Waals surface area contributed by atoms with Gasteiger partial charge in [0.2, 0.25) is 0 Å². The molecule has 0 radical (unpaired) electrons. The number of aromatic nitrogens is 2. The standard InChI is InChI=1S/C16H15FN2O/c1-10-3-5-13(7-11(10)2)20-9-16-18-14-6-4-12(17)8-15(14)19-16/h3-8H,9H2,1-2H3,(H,18,19). The number of ether oxygens (including phenoxy) is 1. The van der Waals surface area contributed by atoms with Crippen LogP contribution in [0, 0.1) is 19.7 Å². The molecule has 0 spiro atoms. The summed E-state index contributed by atoms with van der Waals surface area (Å²) in [6, 6.07) is 10.4. The highest BCUT2D eigenvalue weighted by atomic mass is 19.1. The molecular weight excluding hydrogens is 255 g/mol. The molecule has 0 aliphatic carbocycles. The van der Waals surface area contributed by atoms with Crippen LogP contribution in [0.25, 0.3) is 11.0 Å². The van der Waals surface area contributed by atoms with Crippen molar-refractivity contribution in [1.29, 1.82) is 0 Å². The molecule has 0 fully saturated rings. The Labute approximate surface area is 116 Å². The Morgan fingerprint density at radius 3 is 2.75 bits per heavy atom. The lowest BCUT2D eigenvalue weighted by Crippen LogP contribution is -1.97. The first-order chi connectivity index (χ1) is 9.61. The molecule has 1 heterocycles. The van der Waals surface area contributed by atoms with E-state index in [4.69, 9.17) is 4.74 Å². The highest BCUT2D eigenvalue weighted by molar-refractivity contribution is 5.74. The summed E-state index contributed by atoms with van der Waals surface area (Å²) in [5.41, 5.74) is 3.85. The van der Waals surface area contributed by atoms with Crippen LogP contribution >= 0.6 is 0 Å². The molecule has 0 saturated heterocycles. The van der Waals surface area contributed by atoms with Crippen molar-refractivity contribution >= 4 is 11.0 Å². The molecule has 2 aromatic carbocycles. The minimum Gasteiger partial charge on any atom is -0.486 e. The van der Waals surface area contributed by atoms with Gasteiger partial charge in [-0.2, -0.15) is 0 Å². The van der Waals surface area contributed by atoms with Crippen LogP contribution in [0.1, 0.15) is 17.0 Å². The molecule has 3 rings (SSSR count). The van der Waals surface area contributed by atoms with Crippen molar-refractivity contribution in [2.75, 3.05) is 0 Å². The number of benzene rings is 2. The normalized spacial score (nSPS) is 10.9. The van der Waals surface area contributed by atoms with Gasteiger partial charge in [0, 0.05) is 0 Å². The van der Waals surface area contributed by atoms with Crippen molar-refractivity contribution < 1.29 is 9.13 Å². The Balaban J connectivity index is 1.77. The smallest absolute Gasteiger partial charge is 0.146 e. The van der Waals surface area contributed by atoms with Gasteiger partial charge in [-0.15, -0.1) is 0 Å². The summed E-state index contributed by atoms with van der Waals surface area (Å²) >= 11 is 0. The van der Waals surface area contributed by atoms with Crippen molar-refractivity contribution in [3.63, 3.8) is 0 Å². The number of fused-ring (bicyclic) bond motifs is 1. The fraction of sp³-hybridized carbons (Fsp3) is 0.188. The van der Waals surface area contributed by atoms with E-state index in [2.05, 4.69) is 16.9 Å². The summed E-state index contributed by atoms with van der Waals surface area (Å²) in [6.45, 7) is 4.44. The third kappa shape index (κ3) is 2.50. The largest absolute Gasteiger partial charge is 0.486 e. The second-order valence-electron chi connectivity index (χ2n) is 4.88. The number of hydrogen-bond donors (Lipinski definition) is 1. The first-order valence-corrected chi connectivity index (χ1v) is 6.46. The summed E-state index contributed by atoms with van der Waals surface area (Å²) in [4.78, 5) is 7.42. The summed E-state index contributed by atoms with van der Waals surface area (Å²) < 4.78 is 18.8. The lowest BCUT2D eigenvalue weighted by atomic mass is 10.1. The fourth-order valence-corrected chi connectivity index (χ4v) is 2.06. The molecule has 4 heteroatoms. The lowest BCUT2D eigenvalue weighted by molar-refractivity contribution is 0.297. The van der Waals surface area contributed by atoms with Crippen LogP contribution in [0.3, 0.4) is 0 Å². The summed E-state index contributed by atoms with van der Waals surface area (Å²) in [6.07, 6.45) is 0. The van der Waals surface area contributed by atoms with E-state index in [-0.39, 0.29) is 5.82 Å². The van der Waals surface area contributed by atoms with Gasteiger partial charge in [0.1, 0.15) is 24.0 Å². The Morgan fingerprint density at radius 1 is 1.10 bits per heavy atom. The van der Waals surface area contributed by atoms with Crippen LogP contribution in [0.2, 0.25) is 0 Å². The van der Waals surface area contributed by atoms with Gasteiger partial charge in [-0.1, -0.05) is 6.07 Å². The molecule has 0 aliphatic heterocycles. The summed E-state index contributed by atoms with van der Waals surface area (Å²) in [7, 11) is 0. The average molecular weight is 270 g/mol. The van der Waals surface area contributed by atoms with Crippen LogP contribution in [0.4, 0.5) is 4.39 Å². The number of H-pyrrole nitrogens is 1. The maximum absolute atomic E-state index is 13.1. The Bertz CT molecular complexity index is 764. The van der Waals surface area contributed by atoms with Crippen molar-refractivity contribution in [1.82, 2.24) is 9.97 Å². The molecule has 3 aromatic rings. The van der Waals surface area contributed by atoms with Crippen LogP contribution in [0.15, 0.2) is 36.4 Å². The van der Waals surface area contributed by atoms with Crippen LogP contribution in [-0.4, -0.2) is 9.97 Å². The van der Waals surface area contributed by atoms with Crippen LogP contribution in [-0.2, 0) is 6.61 Å². The van der Waals surface area contributed by atoms with Crippen molar-refractivity contribution in [3.8, 4) is 5.75 Å². The minimum absolute atomic E-state index is 0.275. The van der Waals surface area contributed by atoms with E-state index in [1.807, 2.05) is 25.1 Å². The third-order valence-corrected chi connectivity index (χ3v) is 3.35. The van der Waals surface area contributed by atoms with E-state index in [0.717, 1.165) is 11.3 Å².